The molecule has 140 valence electrons. The van der Waals surface area contributed by atoms with Crippen molar-refractivity contribution in [3.05, 3.63) is 75.4 Å². The maximum atomic E-state index is 14.3. The monoisotopic (exact) mass is 516 g/mol. The molecule has 0 aliphatic heterocycles. The molecule has 3 rings (SSSR count). The Hall–Kier alpha value is -1.98. The van der Waals surface area contributed by atoms with Gasteiger partial charge >= 0.3 is 0 Å². The quantitative estimate of drug-likeness (QED) is 0.497. The van der Waals surface area contributed by atoms with Gasteiger partial charge in [0.15, 0.2) is 0 Å². The second kappa shape index (κ2) is 8.36. The second-order valence-corrected chi connectivity index (χ2v) is 9.73. The Morgan fingerprint density at radius 2 is 1.78 bits per heavy atom. The van der Waals surface area contributed by atoms with Gasteiger partial charge in [0.25, 0.3) is 10.0 Å². The molecule has 2 aromatic carbocycles. The number of sulfonamides is 1. The predicted octanol–water partition coefficient (Wildman–Crippen LogP) is 4.33. The summed E-state index contributed by atoms with van der Waals surface area (Å²) in [6, 6.07) is 15.5. The molecule has 9 heteroatoms. The summed E-state index contributed by atoms with van der Waals surface area (Å²) in [4.78, 5) is 12.5. The van der Waals surface area contributed by atoms with Crippen LogP contribution in [-0.2, 0) is 14.8 Å². The van der Waals surface area contributed by atoms with Crippen LogP contribution >= 0.6 is 33.9 Å². The summed E-state index contributed by atoms with van der Waals surface area (Å²) in [7, 11) is -4.08. The molecule has 1 aromatic heterocycles. The number of nitrogens with one attached hydrogen (secondary N) is 1. The molecule has 0 unspecified atom stereocenters. The molecule has 0 aliphatic carbocycles. The van der Waals surface area contributed by atoms with Crippen molar-refractivity contribution in [2.75, 3.05) is 16.2 Å². The van der Waals surface area contributed by atoms with Crippen LogP contribution in [0.2, 0.25) is 0 Å². The fourth-order valence-electron chi connectivity index (χ4n) is 2.34. The maximum Gasteiger partial charge on any atom is 0.274 e. The van der Waals surface area contributed by atoms with Crippen molar-refractivity contribution in [2.24, 2.45) is 0 Å². The Kier molecular flexibility index (Phi) is 6.12. The molecular formula is C18H14FIN2O3S2. The van der Waals surface area contributed by atoms with Gasteiger partial charge in [0.1, 0.15) is 16.6 Å². The van der Waals surface area contributed by atoms with Gasteiger partial charge in [-0.2, -0.15) is 0 Å². The van der Waals surface area contributed by atoms with Crippen molar-refractivity contribution in [3.8, 4) is 0 Å². The third-order valence-corrected chi connectivity index (χ3v) is 7.43. The molecule has 1 heterocycles. The summed E-state index contributed by atoms with van der Waals surface area (Å²) in [6.45, 7) is -0.548. The zero-order valence-electron chi connectivity index (χ0n) is 13.8. The standard InChI is InChI=1S/C18H14FIN2O3S2/c19-15-4-1-2-5-16(15)22(27(24,25)18-6-3-11-26-18)12-17(23)21-14-9-7-13(20)8-10-14/h1-11H,12H2,(H,21,23). The predicted molar refractivity (Wildman–Crippen MR) is 113 cm³/mol. The molecule has 5 nitrogen and oxygen atoms in total. The molecule has 0 spiro atoms. The zero-order chi connectivity index (χ0) is 19.4. The number of amides is 1. The van der Waals surface area contributed by atoms with E-state index in [-0.39, 0.29) is 9.90 Å². The first-order valence-electron chi connectivity index (χ1n) is 7.74. The van der Waals surface area contributed by atoms with Gasteiger partial charge in [-0.15, -0.1) is 11.3 Å². The SMILES string of the molecule is O=C(CN(c1ccccc1F)S(=O)(=O)c1cccs1)Nc1ccc(I)cc1. The lowest BCUT2D eigenvalue weighted by atomic mass is 10.3. The zero-order valence-corrected chi connectivity index (χ0v) is 17.6. The molecule has 1 amide bonds. The fourth-order valence-corrected chi connectivity index (χ4v) is 5.23. The van der Waals surface area contributed by atoms with Gasteiger partial charge < -0.3 is 5.32 Å². The number of anilines is 2. The number of carbonyl (C=O) groups is 1. The van der Waals surface area contributed by atoms with E-state index in [1.54, 1.807) is 23.6 Å². The molecule has 0 saturated carbocycles. The van der Waals surface area contributed by atoms with E-state index in [0.29, 0.717) is 5.69 Å². The van der Waals surface area contributed by atoms with Crippen LogP contribution in [0.5, 0.6) is 0 Å². The average molecular weight is 516 g/mol. The largest absolute Gasteiger partial charge is 0.325 e. The van der Waals surface area contributed by atoms with Gasteiger partial charge in [-0.05, 0) is 70.4 Å². The van der Waals surface area contributed by atoms with Crippen LogP contribution in [0.4, 0.5) is 15.8 Å². The van der Waals surface area contributed by atoms with E-state index in [4.69, 9.17) is 0 Å². The highest BCUT2D eigenvalue weighted by molar-refractivity contribution is 14.1. The van der Waals surface area contributed by atoms with Crippen molar-refractivity contribution in [2.45, 2.75) is 4.21 Å². The lowest BCUT2D eigenvalue weighted by Gasteiger charge is -2.23. The number of thiophene rings is 1. The van der Waals surface area contributed by atoms with Gasteiger partial charge in [0.2, 0.25) is 5.91 Å². The molecule has 1 N–H and O–H groups in total. The average Bonchev–Trinajstić information content (AvgIpc) is 3.18. The minimum absolute atomic E-state index is 0.0350. The molecule has 27 heavy (non-hydrogen) atoms. The first-order valence-corrected chi connectivity index (χ1v) is 11.1. The molecule has 0 radical (unpaired) electrons. The van der Waals surface area contributed by atoms with E-state index >= 15 is 0 Å². The summed E-state index contributed by atoms with van der Waals surface area (Å²) in [5.41, 5.74) is 0.353. The van der Waals surface area contributed by atoms with Crippen LogP contribution in [0.1, 0.15) is 0 Å². The van der Waals surface area contributed by atoms with E-state index < -0.39 is 28.3 Å². The molecule has 0 saturated heterocycles. The third-order valence-electron chi connectivity index (χ3n) is 3.58. The number of carbonyl (C=O) groups excluding carboxylic acids is 1. The first-order chi connectivity index (χ1) is 12.9. The highest BCUT2D eigenvalue weighted by Crippen LogP contribution is 2.28. The number of para-hydroxylation sites is 1. The smallest absolute Gasteiger partial charge is 0.274 e. The van der Waals surface area contributed by atoms with Gasteiger partial charge in [0, 0.05) is 9.26 Å². The molecule has 0 aliphatic rings. The Balaban J connectivity index is 1.92. The minimum Gasteiger partial charge on any atom is -0.325 e. The molecular weight excluding hydrogens is 502 g/mol. The Morgan fingerprint density at radius 1 is 1.07 bits per heavy atom. The number of benzene rings is 2. The fraction of sp³-hybridized carbons (Fsp3) is 0.0556. The van der Waals surface area contributed by atoms with E-state index in [1.165, 1.54) is 24.3 Å². The highest BCUT2D eigenvalue weighted by Gasteiger charge is 2.29. The Labute approximate surface area is 174 Å². The van der Waals surface area contributed by atoms with Gasteiger partial charge in [-0.3, -0.25) is 9.10 Å². The van der Waals surface area contributed by atoms with Crippen molar-refractivity contribution < 1.29 is 17.6 Å². The molecule has 3 aromatic rings. The van der Waals surface area contributed by atoms with Crippen LogP contribution in [0.3, 0.4) is 0 Å². The maximum absolute atomic E-state index is 14.3. The first kappa shape index (κ1) is 19.8. The number of hydrogen-bond acceptors (Lipinski definition) is 4. The van der Waals surface area contributed by atoms with E-state index in [9.17, 15) is 17.6 Å². The van der Waals surface area contributed by atoms with Crippen molar-refractivity contribution in [1.82, 2.24) is 0 Å². The van der Waals surface area contributed by atoms with Crippen LogP contribution < -0.4 is 9.62 Å². The van der Waals surface area contributed by atoms with Crippen molar-refractivity contribution in [3.63, 3.8) is 0 Å². The number of rotatable bonds is 6. The van der Waals surface area contributed by atoms with Gasteiger partial charge in [-0.1, -0.05) is 18.2 Å². The van der Waals surface area contributed by atoms with E-state index in [2.05, 4.69) is 27.9 Å². The van der Waals surface area contributed by atoms with E-state index in [1.807, 2.05) is 12.1 Å². The van der Waals surface area contributed by atoms with Crippen LogP contribution in [0, 0.1) is 9.39 Å². The molecule has 0 atom stereocenters. The summed E-state index contributed by atoms with van der Waals surface area (Å²) >= 11 is 3.14. The number of halogens is 2. The van der Waals surface area contributed by atoms with Crippen LogP contribution in [0.25, 0.3) is 0 Å². The van der Waals surface area contributed by atoms with Crippen LogP contribution in [0.15, 0.2) is 70.3 Å². The molecule has 0 fully saturated rings. The summed E-state index contributed by atoms with van der Waals surface area (Å²) in [6.07, 6.45) is 0. The van der Waals surface area contributed by atoms with Crippen LogP contribution in [-0.4, -0.2) is 20.9 Å². The van der Waals surface area contributed by atoms with E-state index in [0.717, 1.165) is 25.3 Å². The number of hydrogen-bond donors (Lipinski definition) is 1. The van der Waals surface area contributed by atoms with Gasteiger partial charge in [-0.25, -0.2) is 12.8 Å². The number of nitrogens with zero attached hydrogens (tertiary/aromatic N) is 1. The summed E-state index contributed by atoms with van der Waals surface area (Å²) < 4.78 is 42.1. The Bertz CT molecular complexity index is 1040. The summed E-state index contributed by atoms with van der Waals surface area (Å²) in [5.74, 6) is -1.29. The topological polar surface area (TPSA) is 66.5 Å². The summed E-state index contributed by atoms with van der Waals surface area (Å²) in [5, 5.41) is 4.25. The Morgan fingerprint density at radius 3 is 2.41 bits per heavy atom. The second-order valence-electron chi connectivity index (χ2n) is 5.45. The third kappa shape index (κ3) is 4.66. The van der Waals surface area contributed by atoms with Crippen molar-refractivity contribution >= 4 is 61.2 Å². The van der Waals surface area contributed by atoms with Gasteiger partial charge in [0.05, 0.1) is 5.69 Å². The normalized spacial score (nSPS) is 11.2. The lowest BCUT2D eigenvalue weighted by molar-refractivity contribution is -0.114. The van der Waals surface area contributed by atoms with Crippen molar-refractivity contribution in [1.29, 1.82) is 0 Å². The lowest BCUT2D eigenvalue weighted by Crippen LogP contribution is -2.38. The molecule has 0 bridgehead atoms. The highest BCUT2D eigenvalue weighted by atomic mass is 127. The minimum atomic E-state index is -4.08.